The number of carboxylic acid groups (broad SMARTS) is 1. The number of aliphatic hydroxyl groups excluding tert-OH is 1. The lowest BCUT2D eigenvalue weighted by Crippen LogP contribution is -2.61. The first-order valence-corrected chi connectivity index (χ1v) is 6.39. The number of amides is 2. The van der Waals surface area contributed by atoms with Crippen molar-refractivity contribution in [3.8, 4) is 0 Å². The summed E-state index contributed by atoms with van der Waals surface area (Å²) in [6.45, 7) is 0.736. The molecule has 3 N–H and O–H groups in total. The standard InChI is InChI=1S/C12H22N2O4/c1-14(8-3-2-4-9-15)11(18)13-12(10(16)17)6-5-7-12/h15H,2-9H2,1H3,(H,13,18)(H,16,17). The second-order valence-corrected chi connectivity index (χ2v) is 4.88. The monoisotopic (exact) mass is 258 g/mol. The fourth-order valence-corrected chi connectivity index (χ4v) is 1.96. The van der Waals surface area contributed by atoms with Crippen LogP contribution in [0.25, 0.3) is 0 Å². The first-order chi connectivity index (χ1) is 8.52. The average molecular weight is 258 g/mol. The van der Waals surface area contributed by atoms with Gasteiger partial charge in [-0.2, -0.15) is 0 Å². The maximum Gasteiger partial charge on any atom is 0.329 e. The van der Waals surface area contributed by atoms with Gasteiger partial charge in [0.1, 0.15) is 5.54 Å². The summed E-state index contributed by atoms with van der Waals surface area (Å²) < 4.78 is 0. The number of carbonyl (C=O) groups excluding carboxylic acids is 1. The van der Waals surface area contributed by atoms with E-state index in [9.17, 15) is 9.59 Å². The molecule has 1 aliphatic carbocycles. The van der Waals surface area contributed by atoms with E-state index in [1.165, 1.54) is 4.90 Å². The molecular weight excluding hydrogens is 236 g/mol. The number of urea groups is 1. The van der Waals surface area contributed by atoms with Gasteiger partial charge in [-0.1, -0.05) is 0 Å². The molecule has 0 saturated heterocycles. The Labute approximate surface area is 107 Å². The third-order valence-corrected chi connectivity index (χ3v) is 3.46. The maximum atomic E-state index is 11.8. The topological polar surface area (TPSA) is 89.9 Å². The van der Waals surface area contributed by atoms with Crippen molar-refractivity contribution in [3.05, 3.63) is 0 Å². The van der Waals surface area contributed by atoms with Crippen LogP contribution in [0.4, 0.5) is 4.79 Å². The Morgan fingerprint density at radius 1 is 1.28 bits per heavy atom. The third kappa shape index (κ3) is 3.60. The molecule has 0 aromatic heterocycles. The molecule has 0 bridgehead atoms. The van der Waals surface area contributed by atoms with Crippen LogP contribution in [0, 0.1) is 0 Å². The van der Waals surface area contributed by atoms with Gasteiger partial charge < -0.3 is 20.4 Å². The van der Waals surface area contributed by atoms with Gasteiger partial charge in [0.05, 0.1) is 0 Å². The molecule has 0 atom stereocenters. The zero-order chi connectivity index (χ0) is 13.6. The molecule has 1 fully saturated rings. The van der Waals surface area contributed by atoms with Crippen LogP contribution in [0.5, 0.6) is 0 Å². The van der Waals surface area contributed by atoms with Gasteiger partial charge >= 0.3 is 12.0 Å². The molecule has 18 heavy (non-hydrogen) atoms. The van der Waals surface area contributed by atoms with Crippen molar-refractivity contribution in [2.24, 2.45) is 0 Å². The molecule has 6 nitrogen and oxygen atoms in total. The van der Waals surface area contributed by atoms with Gasteiger partial charge in [-0.15, -0.1) is 0 Å². The van der Waals surface area contributed by atoms with Crippen LogP contribution in [0.15, 0.2) is 0 Å². The lowest BCUT2D eigenvalue weighted by molar-refractivity contribution is -0.148. The molecule has 0 radical (unpaired) electrons. The fourth-order valence-electron chi connectivity index (χ4n) is 1.96. The molecule has 104 valence electrons. The van der Waals surface area contributed by atoms with E-state index in [1.54, 1.807) is 7.05 Å². The van der Waals surface area contributed by atoms with Gasteiger partial charge in [0.2, 0.25) is 0 Å². The Hall–Kier alpha value is -1.30. The zero-order valence-electron chi connectivity index (χ0n) is 10.8. The van der Waals surface area contributed by atoms with Gasteiger partial charge in [-0.05, 0) is 38.5 Å². The van der Waals surface area contributed by atoms with Gasteiger partial charge in [-0.25, -0.2) is 9.59 Å². The Bertz CT molecular complexity index is 302. The summed E-state index contributed by atoms with van der Waals surface area (Å²) >= 11 is 0. The highest BCUT2D eigenvalue weighted by Gasteiger charge is 2.46. The number of carbonyl (C=O) groups is 2. The Morgan fingerprint density at radius 2 is 1.94 bits per heavy atom. The lowest BCUT2D eigenvalue weighted by Gasteiger charge is -2.39. The molecule has 1 aliphatic rings. The Kier molecular flexibility index (Phi) is 5.40. The molecule has 1 rings (SSSR count). The predicted octanol–water partition coefficient (Wildman–Crippen LogP) is 0.798. The minimum atomic E-state index is -1.05. The summed E-state index contributed by atoms with van der Waals surface area (Å²) in [4.78, 5) is 24.4. The van der Waals surface area contributed by atoms with Crippen LogP contribution >= 0.6 is 0 Å². The molecule has 0 aliphatic heterocycles. The van der Waals surface area contributed by atoms with Crippen molar-refractivity contribution < 1.29 is 19.8 Å². The minimum Gasteiger partial charge on any atom is -0.480 e. The molecule has 6 heteroatoms. The zero-order valence-corrected chi connectivity index (χ0v) is 10.8. The number of carboxylic acids is 1. The quantitative estimate of drug-likeness (QED) is 0.589. The van der Waals surface area contributed by atoms with Gasteiger partial charge in [-0.3, -0.25) is 0 Å². The van der Waals surface area contributed by atoms with Crippen LogP contribution in [0.1, 0.15) is 38.5 Å². The summed E-state index contributed by atoms with van der Waals surface area (Å²) in [5, 5.41) is 20.3. The molecule has 2 amide bonds. The van der Waals surface area contributed by atoms with Crippen LogP contribution in [-0.2, 0) is 4.79 Å². The summed E-state index contributed by atoms with van der Waals surface area (Å²) in [7, 11) is 1.66. The van der Waals surface area contributed by atoms with E-state index < -0.39 is 11.5 Å². The summed E-state index contributed by atoms with van der Waals surface area (Å²) in [5.74, 6) is -0.948. The van der Waals surface area contributed by atoms with Gasteiger partial charge in [0.15, 0.2) is 0 Å². The largest absolute Gasteiger partial charge is 0.480 e. The first kappa shape index (κ1) is 14.8. The van der Waals surface area contributed by atoms with E-state index in [1.807, 2.05) is 0 Å². The first-order valence-electron chi connectivity index (χ1n) is 6.39. The van der Waals surface area contributed by atoms with E-state index in [0.29, 0.717) is 19.4 Å². The maximum absolute atomic E-state index is 11.8. The van der Waals surface area contributed by atoms with Crippen LogP contribution in [0.3, 0.4) is 0 Å². The number of hydrogen-bond donors (Lipinski definition) is 3. The molecule has 1 saturated carbocycles. The number of aliphatic hydroxyl groups is 1. The number of hydrogen-bond acceptors (Lipinski definition) is 3. The second kappa shape index (κ2) is 6.58. The second-order valence-electron chi connectivity index (χ2n) is 4.88. The van der Waals surface area contributed by atoms with Gasteiger partial charge in [0, 0.05) is 20.2 Å². The number of rotatable bonds is 7. The van der Waals surface area contributed by atoms with Crippen LogP contribution < -0.4 is 5.32 Å². The van der Waals surface area contributed by atoms with E-state index >= 15 is 0 Å². The third-order valence-electron chi connectivity index (χ3n) is 3.46. The molecule has 0 spiro atoms. The van der Waals surface area contributed by atoms with Crippen LogP contribution in [0.2, 0.25) is 0 Å². The van der Waals surface area contributed by atoms with Gasteiger partial charge in [0.25, 0.3) is 0 Å². The fraction of sp³-hybridized carbons (Fsp3) is 0.833. The number of aliphatic carboxylic acids is 1. The van der Waals surface area contributed by atoms with Crippen molar-refractivity contribution >= 4 is 12.0 Å². The van der Waals surface area contributed by atoms with Crippen molar-refractivity contribution in [2.75, 3.05) is 20.2 Å². The molecular formula is C12H22N2O4. The minimum absolute atomic E-state index is 0.165. The van der Waals surface area contributed by atoms with Crippen molar-refractivity contribution in [1.29, 1.82) is 0 Å². The smallest absolute Gasteiger partial charge is 0.329 e. The Balaban J connectivity index is 2.33. The molecule has 0 aromatic rings. The summed E-state index contributed by atoms with van der Waals surface area (Å²) in [6, 6.07) is -0.332. The highest BCUT2D eigenvalue weighted by atomic mass is 16.4. The molecule has 0 heterocycles. The average Bonchev–Trinajstić information content (AvgIpc) is 2.28. The van der Waals surface area contributed by atoms with E-state index in [-0.39, 0.29) is 12.6 Å². The number of unbranched alkanes of at least 4 members (excludes halogenated alkanes) is 2. The highest BCUT2D eigenvalue weighted by molar-refractivity contribution is 5.87. The lowest BCUT2D eigenvalue weighted by atomic mass is 9.77. The van der Waals surface area contributed by atoms with E-state index in [2.05, 4.69) is 5.32 Å². The van der Waals surface area contributed by atoms with Crippen molar-refractivity contribution in [3.63, 3.8) is 0 Å². The summed E-state index contributed by atoms with van der Waals surface area (Å²) in [5.41, 5.74) is -1.05. The normalized spacial score (nSPS) is 16.8. The molecule has 0 aromatic carbocycles. The number of nitrogens with one attached hydrogen (secondary N) is 1. The van der Waals surface area contributed by atoms with Crippen molar-refractivity contribution in [1.82, 2.24) is 10.2 Å². The summed E-state index contributed by atoms with van der Waals surface area (Å²) in [6.07, 6.45) is 4.25. The SMILES string of the molecule is CN(CCCCCO)C(=O)NC1(C(=O)O)CCC1. The molecule has 0 unspecified atom stereocenters. The highest BCUT2D eigenvalue weighted by Crippen LogP contribution is 2.32. The predicted molar refractivity (Wildman–Crippen MR) is 66.3 cm³/mol. The van der Waals surface area contributed by atoms with E-state index in [4.69, 9.17) is 10.2 Å². The van der Waals surface area contributed by atoms with E-state index in [0.717, 1.165) is 25.7 Å². The number of nitrogens with zero attached hydrogens (tertiary/aromatic N) is 1. The van der Waals surface area contributed by atoms with Crippen molar-refractivity contribution in [2.45, 2.75) is 44.1 Å². The Morgan fingerprint density at radius 3 is 2.39 bits per heavy atom. The van der Waals surface area contributed by atoms with Crippen LogP contribution in [-0.4, -0.2) is 52.9 Å².